The summed E-state index contributed by atoms with van der Waals surface area (Å²) in [5.74, 6) is -1.58. The second-order valence-electron chi connectivity index (χ2n) is 12.3. The molecule has 0 aromatic heterocycles. The van der Waals surface area contributed by atoms with Gasteiger partial charge in [0.25, 0.3) is 0 Å². The van der Waals surface area contributed by atoms with Crippen LogP contribution in [0.25, 0.3) is 0 Å². The van der Waals surface area contributed by atoms with Crippen molar-refractivity contribution in [3.05, 3.63) is 42.0 Å². The first-order valence-corrected chi connectivity index (χ1v) is 15.0. The molecule has 2 bridgehead atoms. The summed E-state index contributed by atoms with van der Waals surface area (Å²) in [7, 11) is 0. The molecule has 1 spiro atoms. The van der Waals surface area contributed by atoms with Crippen LogP contribution in [-0.2, 0) is 23.9 Å². The minimum atomic E-state index is -1.13. The van der Waals surface area contributed by atoms with Gasteiger partial charge in [0.05, 0.1) is 31.2 Å². The molecule has 0 radical (unpaired) electrons. The number of hydrogen-bond acceptors (Lipinski definition) is 6. The lowest BCUT2D eigenvalue weighted by Gasteiger charge is -2.36. The number of ether oxygens (including phenoxy) is 2. The highest BCUT2D eigenvalue weighted by atomic mass is 16.5. The Bertz CT molecular complexity index is 1170. The van der Waals surface area contributed by atoms with Crippen molar-refractivity contribution in [2.75, 3.05) is 44.7 Å². The summed E-state index contributed by atoms with van der Waals surface area (Å²) >= 11 is 0. The van der Waals surface area contributed by atoms with Crippen LogP contribution >= 0.6 is 0 Å². The third kappa shape index (κ3) is 4.97. The highest BCUT2D eigenvalue weighted by molar-refractivity contribution is 6.02. The lowest BCUT2D eigenvalue weighted by Crippen LogP contribution is -2.57. The Balaban J connectivity index is 1.25. The smallest absolute Gasteiger partial charge is 0.246 e. The molecule has 1 aromatic rings. The fourth-order valence-electron chi connectivity index (χ4n) is 7.54. The zero-order valence-electron chi connectivity index (χ0n) is 23.6. The topological polar surface area (TPSA) is 100 Å². The Morgan fingerprint density at radius 1 is 1.10 bits per heavy atom. The second-order valence-corrected chi connectivity index (χ2v) is 12.3. The van der Waals surface area contributed by atoms with E-state index in [1.807, 2.05) is 43.3 Å². The Morgan fingerprint density at radius 3 is 2.67 bits per heavy atom. The number of carbonyl (C=O) groups excluding carboxylic acids is 3. The van der Waals surface area contributed by atoms with Crippen molar-refractivity contribution in [1.29, 1.82) is 0 Å². The number of hydrogen-bond donors (Lipinski definition) is 2. The van der Waals surface area contributed by atoms with Crippen molar-refractivity contribution in [3.8, 4) is 0 Å². The molecule has 4 heterocycles. The number of fused-ring (bicyclic) bond motifs is 1. The van der Waals surface area contributed by atoms with Gasteiger partial charge in [0.2, 0.25) is 17.7 Å². The van der Waals surface area contributed by atoms with Crippen LogP contribution in [0.2, 0.25) is 0 Å². The number of carbonyl (C=O) groups is 3. The van der Waals surface area contributed by atoms with E-state index < -0.39 is 29.6 Å². The van der Waals surface area contributed by atoms with Gasteiger partial charge in [-0.3, -0.25) is 19.3 Å². The van der Waals surface area contributed by atoms with Crippen LogP contribution < -0.4 is 10.6 Å². The minimum absolute atomic E-state index is 0.0880. The van der Waals surface area contributed by atoms with Crippen molar-refractivity contribution in [2.24, 2.45) is 17.8 Å². The van der Waals surface area contributed by atoms with E-state index >= 15 is 0 Å². The first-order valence-electron chi connectivity index (χ1n) is 15.0. The summed E-state index contributed by atoms with van der Waals surface area (Å²) in [5, 5.41) is 6.32. The molecular weight excluding hydrogens is 508 g/mol. The molecule has 216 valence electrons. The number of morpholine rings is 1. The van der Waals surface area contributed by atoms with Crippen LogP contribution in [0.5, 0.6) is 0 Å². The van der Waals surface area contributed by atoms with E-state index in [2.05, 4.69) is 22.5 Å². The number of nitrogens with zero attached hydrogens (tertiary/aromatic N) is 2. The van der Waals surface area contributed by atoms with Crippen LogP contribution in [0, 0.1) is 24.7 Å². The molecule has 9 heteroatoms. The normalized spacial score (nSPS) is 35.1. The third-order valence-corrected chi connectivity index (χ3v) is 9.63. The van der Waals surface area contributed by atoms with E-state index in [4.69, 9.17) is 9.47 Å². The molecule has 40 heavy (non-hydrogen) atoms. The molecule has 9 nitrogen and oxygen atoms in total. The van der Waals surface area contributed by atoms with Gasteiger partial charge in [-0.05, 0) is 49.8 Å². The quantitative estimate of drug-likeness (QED) is 0.483. The summed E-state index contributed by atoms with van der Waals surface area (Å²) in [6, 6.07) is 6.92. The Hall–Kier alpha value is -2.75. The zero-order valence-corrected chi connectivity index (χ0v) is 23.6. The van der Waals surface area contributed by atoms with Gasteiger partial charge in [-0.2, -0.15) is 0 Å². The number of anilines is 1. The maximum atomic E-state index is 14.2. The molecule has 5 aliphatic rings. The fraction of sp³-hybridized carbons (Fsp3) is 0.645. The van der Waals surface area contributed by atoms with Gasteiger partial charge in [-0.25, -0.2) is 0 Å². The number of nitrogens with one attached hydrogen (secondary N) is 2. The fourth-order valence-corrected chi connectivity index (χ4v) is 7.54. The van der Waals surface area contributed by atoms with Gasteiger partial charge in [0.15, 0.2) is 0 Å². The van der Waals surface area contributed by atoms with Crippen molar-refractivity contribution in [3.63, 3.8) is 0 Å². The van der Waals surface area contributed by atoms with Gasteiger partial charge < -0.3 is 25.0 Å². The van der Waals surface area contributed by atoms with Crippen LogP contribution in [0.3, 0.4) is 0 Å². The average molecular weight is 551 g/mol. The van der Waals surface area contributed by atoms with Crippen LogP contribution in [0.4, 0.5) is 5.69 Å². The highest BCUT2D eigenvalue weighted by Crippen LogP contribution is 2.55. The molecule has 4 aliphatic heterocycles. The highest BCUT2D eigenvalue weighted by Gasteiger charge is 2.72. The maximum Gasteiger partial charge on any atom is 0.246 e. The summed E-state index contributed by atoms with van der Waals surface area (Å²) in [5.41, 5.74) is 0.603. The van der Waals surface area contributed by atoms with Gasteiger partial charge in [-0.1, -0.05) is 44.1 Å². The standard InChI is InChI=1S/C31H42N4O5/c1-20-7-5-9-22(19-20)32-28(36)25-24-11-12-31(40-24)26(25)30(38)35(14-6-13-34-15-17-39-18-16-34)27(31)29(37)33-23-10-4-3-8-21(23)2/h5,7,9,11-12,19,21,23-27H,3-4,6,8,10,13-18H2,1-2H3,(H,32,36)(H,33,37)/t21-,23+,24+,25-,26+,27+,31+/m1/s1. The van der Waals surface area contributed by atoms with E-state index in [0.29, 0.717) is 18.2 Å². The minimum Gasteiger partial charge on any atom is -0.379 e. The Kier molecular flexibility index (Phi) is 7.72. The first-order chi connectivity index (χ1) is 19.4. The lowest BCUT2D eigenvalue weighted by atomic mass is 9.74. The molecule has 1 aliphatic carbocycles. The summed E-state index contributed by atoms with van der Waals surface area (Å²) in [6.07, 6.45) is 8.30. The summed E-state index contributed by atoms with van der Waals surface area (Å²) < 4.78 is 12.0. The Morgan fingerprint density at radius 2 is 1.90 bits per heavy atom. The van der Waals surface area contributed by atoms with Crippen LogP contribution in [0.1, 0.15) is 44.6 Å². The molecule has 2 N–H and O–H groups in total. The summed E-state index contributed by atoms with van der Waals surface area (Å²) in [6.45, 7) is 8.62. The molecule has 3 amide bonds. The van der Waals surface area contributed by atoms with Crippen LogP contribution in [-0.4, -0.2) is 90.7 Å². The molecule has 1 saturated carbocycles. The Labute approximate surface area is 236 Å². The van der Waals surface area contributed by atoms with Gasteiger partial charge in [0.1, 0.15) is 11.6 Å². The maximum absolute atomic E-state index is 14.2. The average Bonchev–Trinajstić information content (AvgIpc) is 3.58. The number of aryl methyl sites for hydroxylation is 1. The van der Waals surface area contributed by atoms with Gasteiger partial charge >= 0.3 is 0 Å². The third-order valence-electron chi connectivity index (χ3n) is 9.63. The summed E-state index contributed by atoms with van der Waals surface area (Å²) in [4.78, 5) is 45.9. The number of likely N-dealkylation sites (tertiary alicyclic amines) is 1. The lowest BCUT2D eigenvalue weighted by molar-refractivity contribution is -0.141. The monoisotopic (exact) mass is 550 g/mol. The SMILES string of the molecule is Cc1cccc(NC(=O)[C@@H]2[C@@H]3C=C[C@]4(O3)[C@@H]2C(=O)N(CCCN2CCOCC2)[C@H]4C(=O)N[C@H]2CCCC[C@H]2C)c1. The molecule has 7 atom stereocenters. The molecular formula is C31H42N4O5. The van der Waals surface area contributed by atoms with Gasteiger partial charge in [-0.15, -0.1) is 0 Å². The van der Waals surface area contributed by atoms with E-state index in [-0.39, 0.29) is 23.8 Å². The molecule has 3 saturated heterocycles. The van der Waals surface area contributed by atoms with Crippen molar-refractivity contribution in [1.82, 2.24) is 15.1 Å². The zero-order chi connectivity index (χ0) is 27.9. The van der Waals surface area contributed by atoms with Gasteiger partial charge in [0, 0.05) is 37.9 Å². The predicted octanol–water partition coefficient (Wildman–Crippen LogP) is 2.50. The first kappa shape index (κ1) is 27.4. The van der Waals surface area contributed by atoms with Crippen molar-refractivity contribution in [2.45, 2.75) is 69.7 Å². The van der Waals surface area contributed by atoms with E-state index in [0.717, 1.165) is 64.1 Å². The van der Waals surface area contributed by atoms with Crippen LogP contribution in [0.15, 0.2) is 36.4 Å². The number of amides is 3. The largest absolute Gasteiger partial charge is 0.379 e. The number of benzene rings is 1. The molecule has 0 unspecified atom stereocenters. The van der Waals surface area contributed by atoms with E-state index in [1.165, 1.54) is 6.42 Å². The second kappa shape index (κ2) is 11.3. The van der Waals surface area contributed by atoms with E-state index in [1.54, 1.807) is 4.90 Å². The molecule has 6 rings (SSSR count). The molecule has 4 fully saturated rings. The van der Waals surface area contributed by atoms with Crippen molar-refractivity contribution >= 4 is 23.4 Å². The van der Waals surface area contributed by atoms with E-state index in [9.17, 15) is 14.4 Å². The van der Waals surface area contributed by atoms with Crippen molar-refractivity contribution < 1.29 is 23.9 Å². The number of rotatable bonds is 8. The molecule has 1 aromatic carbocycles. The predicted molar refractivity (Wildman–Crippen MR) is 150 cm³/mol.